The molecule has 3 rings (SSSR count). The standard InChI is InChI=1S/C14H22N2O3/c1-2-18-12(9-7-8-9)13-15-14(19-16-13)10-5-3-4-6-11(10)17/h9-12,17H,2-8H2,1H3. The van der Waals surface area contributed by atoms with Gasteiger partial charge in [-0.2, -0.15) is 4.98 Å². The molecular formula is C14H22N2O3. The van der Waals surface area contributed by atoms with Crippen LogP contribution in [0.3, 0.4) is 0 Å². The Morgan fingerprint density at radius 2 is 2.11 bits per heavy atom. The fourth-order valence-corrected chi connectivity index (χ4v) is 2.91. The number of aliphatic hydroxyl groups is 1. The van der Waals surface area contributed by atoms with Gasteiger partial charge in [0, 0.05) is 6.61 Å². The molecule has 3 unspecified atom stereocenters. The highest BCUT2D eigenvalue weighted by Crippen LogP contribution is 2.43. The lowest BCUT2D eigenvalue weighted by molar-refractivity contribution is 0.0384. The third-order valence-electron chi connectivity index (χ3n) is 4.15. The Morgan fingerprint density at radius 3 is 2.79 bits per heavy atom. The van der Waals surface area contributed by atoms with Crippen molar-refractivity contribution in [3.63, 3.8) is 0 Å². The van der Waals surface area contributed by atoms with Crippen LogP contribution in [0.2, 0.25) is 0 Å². The molecule has 0 spiro atoms. The van der Waals surface area contributed by atoms with E-state index in [2.05, 4.69) is 10.1 Å². The Hall–Kier alpha value is -0.940. The number of aromatic nitrogens is 2. The normalized spacial score (nSPS) is 29.4. The summed E-state index contributed by atoms with van der Waals surface area (Å²) in [5.41, 5.74) is 0. The molecule has 1 aromatic heterocycles. The molecule has 5 nitrogen and oxygen atoms in total. The summed E-state index contributed by atoms with van der Waals surface area (Å²) >= 11 is 0. The summed E-state index contributed by atoms with van der Waals surface area (Å²) in [6.45, 7) is 2.65. The van der Waals surface area contributed by atoms with Crippen molar-refractivity contribution in [3.05, 3.63) is 11.7 Å². The molecule has 106 valence electrons. The van der Waals surface area contributed by atoms with Crippen LogP contribution in [0.5, 0.6) is 0 Å². The van der Waals surface area contributed by atoms with E-state index in [1.165, 1.54) is 12.8 Å². The quantitative estimate of drug-likeness (QED) is 0.887. The van der Waals surface area contributed by atoms with Crippen LogP contribution in [-0.2, 0) is 4.74 Å². The summed E-state index contributed by atoms with van der Waals surface area (Å²) in [5.74, 6) is 1.81. The van der Waals surface area contributed by atoms with E-state index in [1.807, 2.05) is 6.92 Å². The van der Waals surface area contributed by atoms with Gasteiger partial charge in [-0.3, -0.25) is 0 Å². The Labute approximate surface area is 113 Å². The van der Waals surface area contributed by atoms with Crippen LogP contribution in [0.4, 0.5) is 0 Å². The molecule has 2 aliphatic rings. The van der Waals surface area contributed by atoms with Crippen molar-refractivity contribution in [1.29, 1.82) is 0 Å². The highest BCUT2D eigenvalue weighted by Gasteiger charge is 2.37. The van der Waals surface area contributed by atoms with Crippen LogP contribution in [0.15, 0.2) is 4.52 Å². The van der Waals surface area contributed by atoms with E-state index in [0.717, 1.165) is 25.7 Å². The molecule has 2 saturated carbocycles. The molecule has 0 saturated heterocycles. The molecule has 1 N–H and O–H groups in total. The largest absolute Gasteiger partial charge is 0.392 e. The maximum absolute atomic E-state index is 10.0. The van der Waals surface area contributed by atoms with Crippen molar-refractivity contribution >= 4 is 0 Å². The topological polar surface area (TPSA) is 68.4 Å². The van der Waals surface area contributed by atoms with Gasteiger partial charge in [-0.1, -0.05) is 18.0 Å². The van der Waals surface area contributed by atoms with Crippen LogP contribution in [0.25, 0.3) is 0 Å². The summed E-state index contributed by atoms with van der Waals surface area (Å²) in [6.07, 6.45) is 5.98. The van der Waals surface area contributed by atoms with Crippen LogP contribution < -0.4 is 0 Å². The lowest BCUT2D eigenvalue weighted by atomic mass is 9.86. The fraction of sp³-hybridized carbons (Fsp3) is 0.857. The Balaban J connectivity index is 1.74. The third-order valence-corrected chi connectivity index (χ3v) is 4.15. The third kappa shape index (κ3) is 2.82. The SMILES string of the molecule is CCOC(c1noc(C2CCCCC2O)n1)C1CC1. The molecule has 1 heterocycles. The van der Waals surface area contributed by atoms with Crippen LogP contribution in [-0.4, -0.2) is 28.0 Å². The number of aliphatic hydroxyl groups excluding tert-OH is 1. The maximum Gasteiger partial charge on any atom is 0.232 e. The van der Waals surface area contributed by atoms with E-state index >= 15 is 0 Å². The van der Waals surface area contributed by atoms with Gasteiger partial charge < -0.3 is 14.4 Å². The lowest BCUT2D eigenvalue weighted by Crippen LogP contribution is -2.22. The van der Waals surface area contributed by atoms with Crippen molar-refractivity contribution in [2.45, 2.75) is 63.6 Å². The van der Waals surface area contributed by atoms with Gasteiger partial charge in [0.15, 0.2) is 0 Å². The van der Waals surface area contributed by atoms with Crippen LogP contribution in [0.1, 0.15) is 69.2 Å². The minimum atomic E-state index is -0.339. The minimum absolute atomic E-state index is 0.0106. The van der Waals surface area contributed by atoms with Crippen LogP contribution in [0, 0.1) is 5.92 Å². The molecule has 0 amide bonds. The monoisotopic (exact) mass is 266 g/mol. The van der Waals surface area contributed by atoms with E-state index < -0.39 is 0 Å². The van der Waals surface area contributed by atoms with Crippen molar-refractivity contribution < 1.29 is 14.4 Å². The molecular weight excluding hydrogens is 244 g/mol. The Morgan fingerprint density at radius 1 is 1.32 bits per heavy atom. The number of hydrogen-bond donors (Lipinski definition) is 1. The van der Waals surface area contributed by atoms with Gasteiger partial charge in [0.25, 0.3) is 0 Å². The zero-order chi connectivity index (χ0) is 13.2. The van der Waals surface area contributed by atoms with Gasteiger partial charge in [0.1, 0.15) is 6.10 Å². The molecule has 0 aliphatic heterocycles. The second kappa shape index (κ2) is 5.59. The highest BCUT2D eigenvalue weighted by atomic mass is 16.5. The summed E-state index contributed by atoms with van der Waals surface area (Å²) in [5, 5.41) is 14.1. The van der Waals surface area contributed by atoms with Crippen LogP contribution >= 0.6 is 0 Å². The van der Waals surface area contributed by atoms with Crippen molar-refractivity contribution in [2.24, 2.45) is 5.92 Å². The lowest BCUT2D eigenvalue weighted by Gasteiger charge is -2.24. The summed E-state index contributed by atoms with van der Waals surface area (Å²) in [4.78, 5) is 4.50. The molecule has 0 aromatic carbocycles. The number of ether oxygens (including phenoxy) is 1. The molecule has 3 atom stereocenters. The molecule has 0 bridgehead atoms. The van der Waals surface area contributed by atoms with Crippen molar-refractivity contribution in [1.82, 2.24) is 10.1 Å². The number of rotatable bonds is 5. The zero-order valence-electron chi connectivity index (χ0n) is 11.4. The van der Waals surface area contributed by atoms with Gasteiger partial charge in [0.2, 0.25) is 11.7 Å². The molecule has 2 aliphatic carbocycles. The second-order valence-corrected chi connectivity index (χ2v) is 5.66. The summed E-state index contributed by atoms with van der Waals surface area (Å²) < 4.78 is 11.1. The van der Waals surface area contributed by atoms with Crippen molar-refractivity contribution in [2.75, 3.05) is 6.61 Å². The summed E-state index contributed by atoms with van der Waals surface area (Å²) in [7, 11) is 0. The first-order valence-corrected chi connectivity index (χ1v) is 7.42. The maximum atomic E-state index is 10.0. The first-order valence-electron chi connectivity index (χ1n) is 7.42. The van der Waals surface area contributed by atoms with Gasteiger partial charge in [-0.25, -0.2) is 0 Å². The van der Waals surface area contributed by atoms with E-state index in [-0.39, 0.29) is 18.1 Å². The van der Waals surface area contributed by atoms with E-state index in [0.29, 0.717) is 24.2 Å². The first kappa shape index (κ1) is 13.1. The predicted molar refractivity (Wildman–Crippen MR) is 68.6 cm³/mol. The van der Waals surface area contributed by atoms with E-state index in [1.54, 1.807) is 0 Å². The van der Waals surface area contributed by atoms with Crippen molar-refractivity contribution in [3.8, 4) is 0 Å². The number of nitrogens with zero attached hydrogens (tertiary/aromatic N) is 2. The average Bonchev–Trinajstić information content (AvgIpc) is 3.14. The average molecular weight is 266 g/mol. The molecule has 1 aromatic rings. The molecule has 5 heteroatoms. The van der Waals surface area contributed by atoms with Gasteiger partial charge in [-0.05, 0) is 38.5 Å². The minimum Gasteiger partial charge on any atom is -0.392 e. The van der Waals surface area contributed by atoms with E-state index in [4.69, 9.17) is 9.26 Å². The van der Waals surface area contributed by atoms with E-state index in [9.17, 15) is 5.11 Å². The predicted octanol–water partition coefficient (Wildman–Crippen LogP) is 2.58. The molecule has 2 fully saturated rings. The van der Waals surface area contributed by atoms with Gasteiger partial charge >= 0.3 is 0 Å². The molecule has 19 heavy (non-hydrogen) atoms. The first-order chi connectivity index (χ1) is 9.29. The molecule has 0 radical (unpaired) electrons. The highest BCUT2D eigenvalue weighted by molar-refractivity contribution is 5.03. The Kier molecular flexibility index (Phi) is 3.84. The zero-order valence-corrected chi connectivity index (χ0v) is 11.4. The number of hydrogen-bond acceptors (Lipinski definition) is 5. The van der Waals surface area contributed by atoms with Gasteiger partial charge in [0.05, 0.1) is 12.0 Å². The second-order valence-electron chi connectivity index (χ2n) is 5.66. The summed E-state index contributed by atoms with van der Waals surface area (Å²) in [6, 6.07) is 0. The fourth-order valence-electron chi connectivity index (χ4n) is 2.91. The Bertz CT molecular complexity index is 398. The smallest absolute Gasteiger partial charge is 0.232 e. The van der Waals surface area contributed by atoms with Gasteiger partial charge in [-0.15, -0.1) is 0 Å².